The van der Waals surface area contributed by atoms with Crippen molar-refractivity contribution in [2.45, 2.75) is 6.52 Å². The number of fused-ring (bicyclic) bond motifs is 1. The second kappa shape index (κ2) is 9.69. The number of aliphatic carboxylic acids is 1. The van der Waals surface area contributed by atoms with Gasteiger partial charge in [-0.3, -0.25) is 4.68 Å². The van der Waals surface area contributed by atoms with Crippen LogP contribution in [0.1, 0.15) is 12.5 Å². The molecule has 0 saturated heterocycles. The third-order valence-electron chi connectivity index (χ3n) is 5.87. The van der Waals surface area contributed by atoms with E-state index in [0.29, 0.717) is 0 Å². The van der Waals surface area contributed by atoms with Crippen LogP contribution in [0, 0.1) is 0 Å². The summed E-state index contributed by atoms with van der Waals surface area (Å²) in [4.78, 5) is 12.9. The molecule has 0 bridgehead atoms. The molecule has 1 unspecified atom stereocenters. The lowest BCUT2D eigenvalue weighted by Gasteiger charge is -2.26. The van der Waals surface area contributed by atoms with Crippen LogP contribution in [-0.2, 0) is 18.4 Å². The van der Waals surface area contributed by atoms with Crippen LogP contribution in [0.5, 0.6) is 0 Å². The molecule has 5 heteroatoms. The number of hydrogen-bond donors (Lipinski definition) is 1. The number of carbonyl (C=O) groups is 1. The molecule has 5 nitrogen and oxygen atoms in total. The summed E-state index contributed by atoms with van der Waals surface area (Å²) in [6.07, 6.45) is 4.54. The zero-order valence-corrected chi connectivity index (χ0v) is 19.2. The molecule has 0 amide bonds. The number of hydrogen-bond acceptors (Lipinski definition) is 3. The van der Waals surface area contributed by atoms with E-state index in [4.69, 9.17) is 5.11 Å². The van der Waals surface area contributed by atoms with E-state index in [9.17, 15) is 6.17 Å². The summed E-state index contributed by atoms with van der Waals surface area (Å²) in [5, 5.41) is 14.4. The Morgan fingerprint density at radius 1 is 0.943 bits per heavy atom. The smallest absolute Gasteiger partial charge is 0.328 e. The normalized spacial score (nSPS) is 12.5. The second-order valence-corrected chi connectivity index (χ2v) is 8.26. The van der Waals surface area contributed by atoms with Crippen LogP contribution in [0.4, 0.5) is 11.4 Å². The van der Waals surface area contributed by atoms with Crippen LogP contribution in [-0.4, -0.2) is 20.9 Å². The quantitative estimate of drug-likeness (QED) is 0.275. The van der Waals surface area contributed by atoms with Crippen molar-refractivity contribution in [3.63, 3.8) is 0 Å². The number of nitrogens with zero attached hydrogens (tertiary/aromatic N) is 3. The summed E-state index contributed by atoms with van der Waals surface area (Å²) < 4.78 is 11.0. The van der Waals surface area contributed by atoms with Crippen LogP contribution >= 0.6 is 0 Å². The predicted molar refractivity (Wildman–Crippen MR) is 142 cm³/mol. The Morgan fingerprint density at radius 2 is 1.69 bits per heavy atom. The molecule has 0 radical (unpaired) electrons. The van der Waals surface area contributed by atoms with Gasteiger partial charge < -0.3 is 10.0 Å². The van der Waals surface area contributed by atoms with Crippen molar-refractivity contribution < 1.29 is 11.3 Å². The van der Waals surface area contributed by atoms with Crippen molar-refractivity contribution in [2.24, 2.45) is 7.05 Å². The maximum Gasteiger partial charge on any atom is 0.328 e. The number of aromatic nitrogens is 2. The lowest BCUT2D eigenvalue weighted by atomic mass is 10.0. The second-order valence-electron chi connectivity index (χ2n) is 8.26. The van der Waals surface area contributed by atoms with Crippen molar-refractivity contribution in [1.82, 2.24) is 9.78 Å². The summed E-state index contributed by atoms with van der Waals surface area (Å²) in [6, 6.07) is 31.7. The highest BCUT2D eigenvalue weighted by atomic mass is 16.4. The Balaban J connectivity index is 1.48. The molecule has 0 spiro atoms. The maximum absolute atomic E-state index is 11.0. The fourth-order valence-electron chi connectivity index (χ4n) is 4.09. The SMILES string of the molecule is [2H]C(c1ccc(-c2ccc3c(cnn3C)c2)cc1)N(c1ccccc1)c1cccc(/C=C/C(=O)O)c1. The largest absolute Gasteiger partial charge is 0.478 e. The van der Waals surface area contributed by atoms with Crippen molar-refractivity contribution >= 4 is 34.3 Å². The van der Waals surface area contributed by atoms with Gasteiger partial charge in [-0.15, -0.1) is 0 Å². The highest BCUT2D eigenvalue weighted by molar-refractivity contribution is 5.86. The Bertz CT molecular complexity index is 1540. The molecule has 0 fully saturated rings. The van der Waals surface area contributed by atoms with Gasteiger partial charge in [-0.1, -0.05) is 60.7 Å². The van der Waals surface area contributed by atoms with Crippen molar-refractivity contribution in [3.8, 4) is 11.1 Å². The Kier molecular flexibility index (Phi) is 5.80. The topological polar surface area (TPSA) is 58.4 Å². The Labute approximate surface area is 205 Å². The fourth-order valence-corrected chi connectivity index (χ4v) is 4.09. The first kappa shape index (κ1) is 20.9. The van der Waals surface area contributed by atoms with Crippen molar-refractivity contribution in [1.29, 1.82) is 0 Å². The van der Waals surface area contributed by atoms with Gasteiger partial charge in [-0.25, -0.2) is 4.79 Å². The van der Waals surface area contributed by atoms with Crippen LogP contribution in [0.15, 0.2) is 109 Å². The molecule has 1 heterocycles. The molecule has 4 aromatic carbocycles. The van der Waals surface area contributed by atoms with Gasteiger partial charge in [-0.2, -0.15) is 5.10 Å². The van der Waals surface area contributed by atoms with Gasteiger partial charge in [-0.05, 0) is 64.7 Å². The molecule has 0 aliphatic heterocycles. The molecule has 0 aliphatic rings. The van der Waals surface area contributed by atoms with E-state index in [1.54, 1.807) is 6.08 Å². The van der Waals surface area contributed by atoms with E-state index >= 15 is 0 Å². The molecule has 5 aromatic rings. The third-order valence-corrected chi connectivity index (χ3v) is 5.87. The number of aryl methyl sites for hydroxylation is 1. The van der Waals surface area contributed by atoms with Crippen molar-refractivity contribution in [2.75, 3.05) is 4.90 Å². The van der Waals surface area contributed by atoms with Gasteiger partial charge in [0.1, 0.15) is 0 Å². The van der Waals surface area contributed by atoms with Gasteiger partial charge >= 0.3 is 5.97 Å². The first-order chi connectivity index (χ1) is 17.5. The molecule has 1 N–H and O–H groups in total. The highest BCUT2D eigenvalue weighted by Crippen LogP contribution is 2.30. The molecular formula is C30H25N3O2. The summed E-state index contributed by atoms with van der Waals surface area (Å²) >= 11 is 0. The van der Waals surface area contributed by atoms with Gasteiger partial charge in [0.15, 0.2) is 0 Å². The van der Waals surface area contributed by atoms with Crippen LogP contribution in [0.3, 0.4) is 0 Å². The monoisotopic (exact) mass is 460 g/mol. The van der Waals surface area contributed by atoms with Gasteiger partial charge in [0.05, 0.1) is 13.1 Å². The summed E-state index contributed by atoms with van der Waals surface area (Å²) in [7, 11) is 1.93. The molecule has 35 heavy (non-hydrogen) atoms. The molecule has 5 rings (SSSR count). The highest BCUT2D eigenvalue weighted by Gasteiger charge is 2.11. The molecule has 172 valence electrons. The molecular weight excluding hydrogens is 434 g/mol. The maximum atomic E-state index is 11.0. The lowest BCUT2D eigenvalue weighted by molar-refractivity contribution is -0.131. The van der Waals surface area contributed by atoms with Crippen LogP contribution in [0.2, 0.25) is 0 Å². The summed E-state index contributed by atoms with van der Waals surface area (Å²) in [5.41, 5.74) is 6.54. The average Bonchev–Trinajstić information content (AvgIpc) is 3.28. The van der Waals surface area contributed by atoms with Crippen LogP contribution < -0.4 is 4.90 Å². The first-order valence-corrected chi connectivity index (χ1v) is 11.3. The predicted octanol–water partition coefficient (Wildman–Crippen LogP) is 6.68. The van der Waals surface area contributed by atoms with E-state index in [-0.39, 0.29) is 0 Å². The number of carboxylic acid groups (broad SMARTS) is 1. The van der Waals surface area contributed by atoms with Gasteiger partial charge in [0.25, 0.3) is 0 Å². The van der Waals surface area contributed by atoms with Gasteiger partial charge in [0.2, 0.25) is 0 Å². The van der Waals surface area contributed by atoms with Crippen LogP contribution in [0.25, 0.3) is 28.1 Å². The zero-order chi connectivity index (χ0) is 25.1. The molecule has 1 atom stereocenters. The first-order valence-electron chi connectivity index (χ1n) is 11.9. The Hall–Kier alpha value is -4.64. The number of anilines is 2. The minimum Gasteiger partial charge on any atom is -0.478 e. The zero-order valence-electron chi connectivity index (χ0n) is 20.2. The average molecular weight is 461 g/mol. The molecule has 1 aromatic heterocycles. The third kappa shape index (κ3) is 4.99. The van der Waals surface area contributed by atoms with E-state index in [2.05, 4.69) is 23.3 Å². The number of carboxylic acids is 1. The Morgan fingerprint density at radius 3 is 2.46 bits per heavy atom. The number of para-hydroxylation sites is 1. The summed E-state index contributed by atoms with van der Waals surface area (Å²) in [5.74, 6) is -0.999. The van der Waals surface area contributed by atoms with E-state index < -0.39 is 12.5 Å². The van der Waals surface area contributed by atoms with E-state index in [1.807, 2.05) is 102 Å². The minimum absolute atomic E-state index is 0.707. The minimum atomic E-state index is -0.999. The lowest BCUT2D eigenvalue weighted by Crippen LogP contribution is -2.16. The summed E-state index contributed by atoms with van der Waals surface area (Å²) in [6.45, 7) is -0.707. The molecule has 0 aliphatic carbocycles. The van der Waals surface area contributed by atoms with E-state index in [0.717, 1.165) is 50.6 Å². The van der Waals surface area contributed by atoms with Gasteiger partial charge in [0, 0.05) is 36.4 Å². The van der Waals surface area contributed by atoms with Crippen molar-refractivity contribution in [3.05, 3.63) is 120 Å². The molecule has 0 saturated carbocycles. The van der Waals surface area contributed by atoms with E-state index in [1.165, 1.54) is 0 Å². The number of rotatable bonds is 7. The fraction of sp³-hybridized carbons (Fsp3) is 0.0667. The number of benzene rings is 4. The standard InChI is InChI=1S/C30H25N3O2/c1-32-29-16-15-25(19-26(29)20-31-32)24-13-10-23(11-14-24)21-33(27-7-3-2-4-8-27)28-9-5-6-22(18-28)12-17-30(34)35/h2-20H,21H2,1H3,(H,34,35)/b17-12+/i21D.